The van der Waals surface area contributed by atoms with Gasteiger partial charge >= 0.3 is 0 Å². The first-order valence-corrected chi connectivity index (χ1v) is 34.2. The van der Waals surface area contributed by atoms with Crippen molar-refractivity contribution in [1.29, 1.82) is 15.8 Å². The van der Waals surface area contributed by atoms with Gasteiger partial charge in [0.2, 0.25) is 16.5 Å². The van der Waals surface area contributed by atoms with Crippen molar-refractivity contribution in [3.63, 3.8) is 0 Å². The number of anilines is 4. The highest BCUT2D eigenvalue weighted by Crippen LogP contribution is 2.35. The maximum Gasteiger partial charge on any atom is 0.225 e. The average molecular weight is 1400 g/mol. The summed E-state index contributed by atoms with van der Waals surface area (Å²) in [5.41, 5.74) is 16.3. The molecule has 6 atom stereocenters. The number of nitriles is 3. The van der Waals surface area contributed by atoms with Crippen LogP contribution in [0.5, 0.6) is 0 Å². The Hall–Kier alpha value is -8.90. The summed E-state index contributed by atoms with van der Waals surface area (Å²) in [7, 11) is 4.31. The second-order valence-corrected chi connectivity index (χ2v) is 26.8. The largest absolute Gasteiger partial charge is 0.369 e. The highest BCUT2D eigenvalue weighted by atomic mass is 35.5. The lowest BCUT2D eigenvalue weighted by molar-refractivity contribution is 0.112. The Morgan fingerprint density at radius 3 is 1.27 bits per heavy atom. The third-order valence-corrected chi connectivity index (χ3v) is 18.5. The van der Waals surface area contributed by atoms with Gasteiger partial charge in [-0.2, -0.15) is 15.8 Å². The van der Waals surface area contributed by atoms with Gasteiger partial charge in [-0.25, -0.2) is 29.9 Å². The zero-order valence-corrected chi connectivity index (χ0v) is 59.1. The zero-order chi connectivity index (χ0) is 68.9. The van der Waals surface area contributed by atoms with Crippen molar-refractivity contribution >= 4 is 97.6 Å². The number of piperazine rings is 2. The molecule has 3 aromatic carbocycles. The number of hydrogen-bond donors (Lipinski definition) is 4. The first-order valence-electron chi connectivity index (χ1n) is 33.5. The fraction of sp³-hybridized carbons (Fsp3) is 0.411. The standard InChI is InChI=1S/C26H32N8.C21H21ClN6.C16H18N4.C5H3ClN2O.C5H12N2.ClH/c1-19-12-22(29-14-20-15-30-26(31-16-20)33-10-8-32(2)9-11-33)18-34(17-19)24-6-5-21(13-27)25-23(24)4-3-7-28-25;1-14-7-17(25-9-15-10-26-21(22)27-11-15)13-28(12-14)19-5-4-16(8-23)20-18(19)3-2-6-24-20;1-11-7-13(18)10-20(9-11)15-5-4-12(8-17)16-14(15)3-2-6-19-16;6-5-7-1-4(3-9)2-8-5;1-7-4-2-6-3-5-7;/h3-7,15-16,19,22,29H,8-12,14,17-18H2,1-2H3;2-6,10-11,14,17,25H,7,9,12-13H2,1H3;2-6,11,13H,7,9-10,18H2,1H3;1-3H;6H,2-5H2,1H3;1H/t19-,22+;14-,17+;11-,13+;;;/m000.../s1. The van der Waals surface area contributed by atoms with Crippen molar-refractivity contribution in [2.75, 3.05) is 125 Å². The molecule has 5 fully saturated rings. The molecule has 5 aliphatic rings. The molecule has 99 heavy (non-hydrogen) atoms. The molecule has 6 aromatic heterocycles. The van der Waals surface area contributed by atoms with Gasteiger partial charge in [0.15, 0.2) is 6.29 Å². The number of fused-ring (bicyclic) bond motifs is 3. The van der Waals surface area contributed by atoms with Gasteiger partial charge in [0.1, 0.15) is 18.2 Å². The van der Waals surface area contributed by atoms with E-state index in [0.717, 1.165) is 171 Å². The van der Waals surface area contributed by atoms with Crippen molar-refractivity contribution in [2.45, 2.75) is 71.2 Å². The fourth-order valence-electron chi connectivity index (χ4n) is 13.3. The molecule has 5 aliphatic heterocycles. The molecule has 516 valence electrons. The van der Waals surface area contributed by atoms with Gasteiger partial charge in [-0.15, -0.1) is 12.4 Å². The maximum atomic E-state index is 9.99. The number of aldehydes is 1. The number of benzene rings is 3. The van der Waals surface area contributed by atoms with Crippen molar-refractivity contribution in [3.05, 3.63) is 173 Å². The minimum absolute atomic E-state index is 0. The van der Waals surface area contributed by atoms with Gasteiger partial charge < -0.3 is 51.1 Å². The van der Waals surface area contributed by atoms with Gasteiger partial charge in [0.05, 0.1) is 38.8 Å². The summed E-state index contributed by atoms with van der Waals surface area (Å²) < 4.78 is 0. The van der Waals surface area contributed by atoms with Crippen LogP contribution in [0.3, 0.4) is 0 Å². The topological polar surface area (TPSA) is 286 Å². The normalized spacial score (nSPS) is 20.1. The number of nitrogens with one attached hydrogen (secondary N) is 3. The van der Waals surface area contributed by atoms with Crippen molar-refractivity contribution in [3.8, 4) is 18.2 Å². The molecule has 23 nitrogen and oxygen atoms in total. The van der Waals surface area contributed by atoms with Crippen molar-refractivity contribution in [1.82, 2.24) is 70.6 Å². The van der Waals surface area contributed by atoms with Crippen molar-refractivity contribution < 1.29 is 4.79 Å². The average Bonchev–Trinajstić information content (AvgIpc) is 0.800. The quantitative estimate of drug-likeness (QED) is 0.0692. The SMILES string of the molecule is CN1CCNCC1.C[C@H]1C[C@@H](N)CN(c2ccc(C#N)c3ncccc23)C1.C[C@H]1C[C@@H](NCc2cnc(Cl)nc2)CN(c2ccc(C#N)c3ncccc23)C1.C[C@H]1C[C@@H](NCc2cnc(N3CCN(C)CC3)nc2)CN(c2ccc(C#N)c3ncccc23)C1.Cl.O=Cc1cnc(Cl)nc1. The zero-order valence-electron chi connectivity index (χ0n) is 56.8. The van der Waals surface area contributed by atoms with Gasteiger partial charge in [-0.1, -0.05) is 20.8 Å². The number of hydrogen-bond acceptors (Lipinski definition) is 23. The molecular formula is C73H87Cl3N22O. The number of carbonyl (C=O) groups is 1. The first-order chi connectivity index (χ1) is 47.6. The Labute approximate surface area is 596 Å². The summed E-state index contributed by atoms with van der Waals surface area (Å²) >= 11 is 11.1. The van der Waals surface area contributed by atoms with Crippen LogP contribution in [0.25, 0.3) is 32.7 Å². The Morgan fingerprint density at radius 2 is 0.889 bits per heavy atom. The van der Waals surface area contributed by atoms with Gasteiger partial charge in [-0.3, -0.25) is 19.7 Å². The summed E-state index contributed by atoms with van der Waals surface area (Å²) in [6.07, 6.45) is 19.4. The van der Waals surface area contributed by atoms with E-state index in [2.05, 4.69) is 155 Å². The second kappa shape index (κ2) is 36.8. The molecule has 26 heteroatoms. The molecule has 14 rings (SSSR count). The van der Waals surface area contributed by atoms with E-state index in [0.29, 0.717) is 64.9 Å². The Balaban J connectivity index is 0.000000158. The van der Waals surface area contributed by atoms with Gasteiger partial charge in [0.25, 0.3) is 0 Å². The van der Waals surface area contributed by atoms with Crippen LogP contribution in [-0.2, 0) is 13.1 Å². The van der Waals surface area contributed by atoms with E-state index < -0.39 is 0 Å². The van der Waals surface area contributed by atoms with Crippen LogP contribution in [0, 0.1) is 51.7 Å². The monoisotopic (exact) mass is 1390 g/mol. The van der Waals surface area contributed by atoms with Crippen LogP contribution in [0.2, 0.25) is 10.6 Å². The lowest BCUT2D eigenvalue weighted by Gasteiger charge is -2.39. The summed E-state index contributed by atoms with van der Waals surface area (Å²) in [4.78, 5) is 61.9. The Bertz CT molecular complexity index is 4190. The molecular weight excluding hydrogens is 1310 g/mol. The number of likely N-dealkylation sites (N-methyl/N-ethyl adjacent to an activating group) is 2. The van der Waals surface area contributed by atoms with Crippen LogP contribution >= 0.6 is 35.6 Å². The van der Waals surface area contributed by atoms with E-state index in [4.69, 9.17) is 28.9 Å². The van der Waals surface area contributed by atoms with Gasteiger partial charge in [0, 0.05) is 223 Å². The maximum absolute atomic E-state index is 9.99. The number of piperidine rings is 3. The predicted octanol–water partition coefficient (Wildman–Crippen LogP) is 9.37. The summed E-state index contributed by atoms with van der Waals surface area (Å²) in [6.45, 7) is 22.7. The highest BCUT2D eigenvalue weighted by molar-refractivity contribution is 6.28. The molecule has 0 bridgehead atoms. The molecule has 5 N–H and O–H groups in total. The van der Waals surface area contributed by atoms with Crippen LogP contribution in [0.1, 0.15) is 78.2 Å². The number of pyridine rings is 3. The lowest BCUT2D eigenvalue weighted by atomic mass is 9.94. The van der Waals surface area contributed by atoms with Crippen LogP contribution < -0.4 is 41.3 Å². The molecule has 11 heterocycles. The lowest BCUT2D eigenvalue weighted by Crippen LogP contribution is -2.48. The third-order valence-electron chi connectivity index (χ3n) is 18.1. The molecule has 0 radical (unpaired) electrons. The summed E-state index contributed by atoms with van der Waals surface area (Å²) in [5.74, 6) is 2.52. The number of rotatable bonds is 11. The molecule has 0 spiro atoms. The van der Waals surface area contributed by atoms with E-state index in [1.807, 2.05) is 73.1 Å². The Morgan fingerprint density at radius 1 is 0.505 bits per heavy atom. The fourth-order valence-corrected chi connectivity index (χ4v) is 13.5. The van der Waals surface area contributed by atoms with Crippen LogP contribution in [-0.4, -0.2) is 185 Å². The number of nitrogens with two attached hydrogens (primary N) is 1. The van der Waals surface area contributed by atoms with E-state index >= 15 is 0 Å². The van der Waals surface area contributed by atoms with E-state index in [9.17, 15) is 20.6 Å². The number of aromatic nitrogens is 9. The smallest absolute Gasteiger partial charge is 0.225 e. The predicted molar refractivity (Wildman–Crippen MR) is 395 cm³/mol. The molecule has 0 unspecified atom stereocenters. The molecule has 0 saturated carbocycles. The Kier molecular flexibility index (Phi) is 27.6. The number of halogens is 3. The van der Waals surface area contributed by atoms with E-state index in [-0.39, 0.29) is 29.0 Å². The number of carbonyl (C=O) groups excluding carboxylic acids is 1. The summed E-state index contributed by atoms with van der Waals surface area (Å²) in [5, 5.41) is 42.2. The minimum Gasteiger partial charge on any atom is -0.369 e. The summed E-state index contributed by atoms with van der Waals surface area (Å²) in [6, 6.07) is 31.4. The second-order valence-electron chi connectivity index (χ2n) is 26.1. The van der Waals surface area contributed by atoms with Crippen LogP contribution in [0.4, 0.5) is 23.0 Å². The van der Waals surface area contributed by atoms with Gasteiger partial charge in [-0.05, 0) is 147 Å². The van der Waals surface area contributed by atoms with E-state index in [1.54, 1.807) is 31.0 Å². The molecule has 9 aromatic rings. The minimum atomic E-state index is 0. The van der Waals surface area contributed by atoms with Crippen LogP contribution in [0.15, 0.2) is 129 Å². The third kappa shape index (κ3) is 20.6. The molecule has 0 amide bonds. The van der Waals surface area contributed by atoms with E-state index in [1.165, 1.54) is 25.5 Å². The van der Waals surface area contributed by atoms with Crippen molar-refractivity contribution in [2.24, 2.45) is 23.5 Å². The molecule has 5 saturated heterocycles. The highest BCUT2D eigenvalue weighted by Gasteiger charge is 2.29. The first kappa shape index (κ1) is 74.3. The number of nitrogens with zero attached hydrogens (tertiary/aromatic N) is 18. The molecule has 0 aliphatic carbocycles.